The molecule has 0 bridgehead atoms. The standard InChI is InChI=1S/C21H24N11O8PS/c22-13-10-14(25-5-24-13)31(6-26-10)18-12(34)20-2-9(20)21(20,39-18)4-37-41(36,42)40-8-1-7(3-33)38-17(8)32-15-11(29-30-32)16(35)28-19(23)27-15/h5-9,12,17-18,33-34H,1-4H2,(H,36,42)(H2,22,24,25)(H3,23,27,28,35)/t7-,8+,9?,12-,17+,18+,20+,21-,41?/m0/s1. The summed E-state index contributed by atoms with van der Waals surface area (Å²) in [6, 6.07) is 0. The number of H-pyrrole nitrogens is 1. The van der Waals surface area contributed by atoms with Crippen molar-refractivity contribution in [1.29, 1.82) is 0 Å². The third-order valence-corrected chi connectivity index (χ3v) is 10.3. The SMILES string of the molecule is Nc1nc2c(nnn2[C@@H]2O[C@H](CO)C[C@H]2OP(O)(=S)OC[C@@]23O[C@@H](n4cnc5c(N)ncnc54)[C@H](O)[C@]24CC34)c(=O)[nH]1. The summed E-state index contributed by atoms with van der Waals surface area (Å²) in [7, 11) is 0. The van der Waals surface area contributed by atoms with E-state index < -0.39 is 54.1 Å². The lowest BCUT2D eigenvalue weighted by molar-refractivity contribution is -0.0987. The number of aromatic nitrogens is 9. The number of aromatic amines is 1. The van der Waals surface area contributed by atoms with Gasteiger partial charge in [0.1, 0.15) is 29.7 Å². The Morgan fingerprint density at radius 2 is 2.07 bits per heavy atom. The minimum absolute atomic E-state index is 0.0259. The minimum atomic E-state index is -3.94. The Labute approximate surface area is 239 Å². The molecule has 2 aliphatic heterocycles. The fourth-order valence-electron chi connectivity index (χ4n) is 6.56. The van der Waals surface area contributed by atoms with Crippen molar-refractivity contribution in [3.8, 4) is 0 Å². The number of imidazole rings is 1. The second kappa shape index (κ2) is 8.68. The molecule has 2 unspecified atom stereocenters. The predicted molar refractivity (Wildman–Crippen MR) is 142 cm³/mol. The Morgan fingerprint density at radius 1 is 1.24 bits per heavy atom. The van der Waals surface area contributed by atoms with Crippen LogP contribution in [-0.4, -0.2) is 96.7 Å². The van der Waals surface area contributed by atoms with Crippen LogP contribution in [0.25, 0.3) is 22.3 Å². The van der Waals surface area contributed by atoms with Gasteiger partial charge in [-0.05, 0) is 18.2 Å². The molecular weight excluding hydrogens is 597 g/mol. The van der Waals surface area contributed by atoms with E-state index in [0.717, 1.165) is 6.42 Å². The number of nitrogens with two attached hydrogens (primary N) is 2. The van der Waals surface area contributed by atoms with Crippen LogP contribution >= 0.6 is 6.72 Å². The van der Waals surface area contributed by atoms with Crippen LogP contribution in [0.4, 0.5) is 11.8 Å². The molecule has 6 heterocycles. The molecule has 0 aromatic carbocycles. The third kappa shape index (κ3) is 3.52. The highest BCUT2D eigenvalue weighted by atomic mass is 32.5. The zero-order chi connectivity index (χ0) is 29.2. The number of ether oxygens (including phenoxy) is 2. The van der Waals surface area contributed by atoms with Crippen LogP contribution in [0.5, 0.6) is 0 Å². The van der Waals surface area contributed by atoms with Gasteiger partial charge >= 0.3 is 6.72 Å². The van der Waals surface area contributed by atoms with E-state index in [-0.39, 0.29) is 48.5 Å². The lowest BCUT2D eigenvalue weighted by Gasteiger charge is -2.27. The average Bonchev–Trinajstić information content (AvgIpc) is 3.44. The zero-order valence-corrected chi connectivity index (χ0v) is 23.1. The Kier molecular flexibility index (Phi) is 5.46. The first-order chi connectivity index (χ1) is 20.1. The summed E-state index contributed by atoms with van der Waals surface area (Å²) in [5.41, 5.74) is 10.3. The van der Waals surface area contributed by atoms with Gasteiger partial charge in [0.05, 0.1) is 25.6 Å². The van der Waals surface area contributed by atoms with Gasteiger partial charge in [-0.1, -0.05) is 5.21 Å². The summed E-state index contributed by atoms with van der Waals surface area (Å²) >= 11 is 5.35. The average molecular weight is 622 g/mol. The molecule has 19 nitrogen and oxygen atoms in total. The van der Waals surface area contributed by atoms with Crippen molar-refractivity contribution < 1.29 is 33.6 Å². The van der Waals surface area contributed by atoms with Gasteiger partial charge < -0.3 is 45.1 Å². The maximum absolute atomic E-state index is 12.2. The van der Waals surface area contributed by atoms with E-state index >= 15 is 0 Å². The van der Waals surface area contributed by atoms with Gasteiger partial charge in [-0.15, -0.1) is 5.10 Å². The van der Waals surface area contributed by atoms with E-state index in [4.69, 9.17) is 41.8 Å². The Balaban J connectivity index is 1.01. The molecule has 2 aliphatic carbocycles. The van der Waals surface area contributed by atoms with Crippen LogP contribution in [-0.2, 0) is 30.3 Å². The molecule has 4 aliphatic rings. The van der Waals surface area contributed by atoms with Crippen LogP contribution in [0, 0.1) is 11.3 Å². The first-order valence-electron chi connectivity index (χ1n) is 12.9. The first kappa shape index (κ1) is 26.4. The van der Waals surface area contributed by atoms with E-state index in [1.807, 2.05) is 0 Å². The summed E-state index contributed by atoms with van der Waals surface area (Å²) in [4.78, 5) is 42.2. The number of anilines is 2. The molecule has 42 heavy (non-hydrogen) atoms. The minimum Gasteiger partial charge on any atom is -0.394 e. The van der Waals surface area contributed by atoms with Crippen LogP contribution in [0.15, 0.2) is 17.4 Å². The van der Waals surface area contributed by atoms with Crippen LogP contribution in [0.2, 0.25) is 0 Å². The number of nitrogens with one attached hydrogen (secondary N) is 1. The maximum Gasteiger partial charge on any atom is 0.325 e. The summed E-state index contributed by atoms with van der Waals surface area (Å²) < 4.78 is 26.7. The van der Waals surface area contributed by atoms with E-state index in [9.17, 15) is 19.9 Å². The Morgan fingerprint density at radius 3 is 2.86 bits per heavy atom. The molecule has 4 aromatic heterocycles. The summed E-state index contributed by atoms with van der Waals surface area (Å²) in [6.45, 7) is -4.43. The van der Waals surface area contributed by atoms with Gasteiger partial charge in [-0.2, -0.15) is 9.67 Å². The monoisotopic (exact) mass is 621 g/mol. The summed E-state index contributed by atoms with van der Waals surface area (Å²) in [6.07, 6.45) is -0.770. The topological polar surface area (TPSA) is 270 Å². The summed E-state index contributed by atoms with van der Waals surface area (Å²) in [5.74, 6) is 0.0736. The highest BCUT2D eigenvalue weighted by molar-refractivity contribution is 8.07. The molecule has 8 N–H and O–H groups in total. The van der Waals surface area contributed by atoms with Crippen molar-refractivity contribution in [2.24, 2.45) is 11.3 Å². The maximum atomic E-state index is 12.2. The molecule has 0 radical (unpaired) electrons. The van der Waals surface area contributed by atoms with Gasteiger partial charge in [-0.25, -0.2) is 15.0 Å². The second-order valence-electron chi connectivity index (χ2n) is 10.8. The predicted octanol–water partition coefficient (Wildman–Crippen LogP) is -1.93. The summed E-state index contributed by atoms with van der Waals surface area (Å²) in [5, 5.41) is 28.8. The largest absolute Gasteiger partial charge is 0.394 e. The molecular formula is C21H24N11O8PS. The smallest absolute Gasteiger partial charge is 0.325 e. The Hall–Kier alpha value is -3.20. The molecule has 8 rings (SSSR count). The quantitative estimate of drug-likeness (QED) is 0.117. The number of rotatable bonds is 8. The van der Waals surface area contributed by atoms with Gasteiger partial charge in [0.25, 0.3) is 5.56 Å². The molecule has 4 aromatic rings. The van der Waals surface area contributed by atoms with Crippen molar-refractivity contribution in [1.82, 2.24) is 44.5 Å². The van der Waals surface area contributed by atoms with Crippen LogP contribution < -0.4 is 17.0 Å². The lowest BCUT2D eigenvalue weighted by atomic mass is 9.99. The highest BCUT2D eigenvalue weighted by Gasteiger charge is 2.97. The van der Waals surface area contributed by atoms with Gasteiger partial charge in [-0.3, -0.25) is 14.3 Å². The number of aliphatic hydroxyl groups is 2. The van der Waals surface area contributed by atoms with Crippen molar-refractivity contribution in [3.63, 3.8) is 0 Å². The molecule has 4 fully saturated rings. The lowest BCUT2D eigenvalue weighted by Crippen LogP contribution is -2.31. The first-order valence-corrected chi connectivity index (χ1v) is 15.5. The van der Waals surface area contributed by atoms with Crippen molar-refractivity contribution >= 4 is 52.6 Å². The zero-order valence-electron chi connectivity index (χ0n) is 21.4. The molecule has 0 amide bonds. The van der Waals surface area contributed by atoms with E-state index in [1.165, 1.54) is 17.3 Å². The van der Waals surface area contributed by atoms with E-state index in [2.05, 4.69) is 35.2 Å². The van der Waals surface area contributed by atoms with Crippen molar-refractivity contribution in [3.05, 3.63) is 23.0 Å². The number of nitrogen functional groups attached to an aromatic ring is 2. The van der Waals surface area contributed by atoms with E-state index in [0.29, 0.717) is 11.2 Å². The van der Waals surface area contributed by atoms with Gasteiger partial charge in [0.2, 0.25) is 5.95 Å². The molecule has 222 valence electrons. The van der Waals surface area contributed by atoms with Gasteiger partial charge in [0.15, 0.2) is 35.1 Å². The molecule has 9 atom stereocenters. The highest BCUT2D eigenvalue weighted by Crippen LogP contribution is 2.90. The number of hydrogen-bond donors (Lipinski definition) is 6. The van der Waals surface area contributed by atoms with Crippen molar-refractivity contribution in [2.45, 2.75) is 49.2 Å². The number of nitrogens with zero attached hydrogens (tertiary/aromatic N) is 8. The fraction of sp³-hybridized carbons (Fsp3) is 0.571. The number of hydrogen-bond acceptors (Lipinski definition) is 16. The van der Waals surface area contributed by atoms with Crippen LogP contribution in [0.1, 0.15) is 25.3 Å². The normalized spacial score (nSPS) is 36.3. The van der Waals surface area contributed by atoms with Crippen molar-refractivity contribution in [2.75, 3.05) is 24.7 Å². The number of aliphatic hydroxyl groups excluding tert-OH is 2. The third-order valence-electron chi connectivity index (χ3n) is 8.71. The Bertz CT molecular complexity index is 1870. The molecule has 21 heteroatoms. The van der Waals surface area contributed by atoms with E-state index in [1.54, 1.807) is 4.57 Å². The van der Waals surface area contributed by atoms with Gasteiger partial charge in [0, 0.05) is 17.8 Å². The molecule has 1 spiro atoms. The van der Waals surface area contributed by atoms with Crippen LogP contribution in [0.3, 0.4) is 0 Å². The number of fused-ring (bicyclic) bond motifs is 3. The molecule has 2 saturated carbocycles. The fourth-order valence-corrected chi connectivity index (χ4v) is 8.00. The second-order valence-corrected chi connectivity index (χ2v) is 13.6. The molecule has 2 saturated heterocycles.